The van der Waals surface area contributed by atoms with Crippen molar-refractivity contribution >= 4 is 11.6 Å². The van der Waals surface area contributed by atoms with Gasteiger partial charge in [0.05, 0.1) is 0 Å². The Balaban J connectivity index is 2.12. The van der Waals surface area contributed by atoms with Gasteiger partial charge in [0.15, 0.2) is 0 Å². The predicted molar refractivity (Wildman–Crippen MR) is 67.4 cm³/mol. The van der Waals surface area contributed by atoms with Crippen molar-refractivity contribution in [1.29, 1.82) is 0 Å². The summed E-state index contributed by atoms with van der Waals surface area (Å²) < 4.78 is 26.2. The minimum absolute atomic E-state index is 0.0455. The molecule has 0 spiro atoms. The number of carbonyl (C=O) groups excluding carboxylic acids is 1. The van der Waals surface area contributed by atoms with Gasteiger partial charge in [-0.15, -0.1) is 0 Å². The zero-order valence-electron chi connectivity index (χ0n) is 10.3. The fraction of sp³-hybridized carbons (Fsp3) is 0.154. The van der Waals surface area contributed by atoms with Gasteiger partial charge in [-0.3, -0.25) is 4.79 Å². The summed E-state index contributed by atoms with van der Waals surface area (Å²) >= 11 is 0. The van der Waals surface area contributed by atoms with Gasteiger partial charge >= 0.3 is 0 Å². The lowest BCUT2D eigenvalue weighted by Crippen LogP contribution is -2.26. The number of aromatic nitrogens is 1. The van der Waals surface area contributed by atoms with Gasteiger partial charge in [0.2, 0.25) is 0 Å². The highest BCUT2D eigenvalue weighted by Gasteiger charge is 2.15. The molecule has 2 rings (SSSR count). The van der Waals surface area contributed by atoms with Crippen LogP contribution in [0.15, 0.2) is 30.5 Å². The van der Waals surface area contributed by atoms with Gasteiger partial charge in [-0.05, 0) is 12.1 Å². The molecule has 1 aromatic carbocycles. The van der Waals surface area contributed by atoms with Crippen LogP contribution in [0.5, 0.6) is 0 Å². The minimum atomic E-state index is -0.675. The molecule has 0 atom stereocenters. The molecule has 1 heterocycles. The van der Waals surface area contributed by atoms with Crippen molar-refractivity contribution in [3.8, 4) is 0 Å². The van der Waals surface area contributed by atoms with Gasteiger partial charge in [-0.2, -0.15) is 0 Å². The van der Waals surface area contributed by atoms with E-state index in [1.807, 2.05) is 0 Å². The maximum absolute atomic E-state index is 13.5. The zero-order chi connectivity index (χ0) is 14.0. The summed E-state index contributed by atoms with van der Waals surface area (Å²) in [6.45, 7) is 0.0455. The molecule has 0 aliphatic carbocycles. The largest absolute Gasteiger partial charge is 0.397 e. The first kappa shape index (κ1) is 13.1. The van der Waals surface area contributed by atoms with Crippen LogP contribution in [0.1, 0.15) is 16.1 Å². The van der Waals surface area contributed by atoms with Gasteiger partial charge in [-0.25, -0.2) is 8.78 Å². The molecule has 3 N–H and O–H groups in total. The van der Waals surface area contributed by atoms with E-state index in [-0.39, 0.29) is 18.0 Å². The van der Waals surface area contributed by atoms with Crippen molar-refractivity contribution in [3.63, 3.8) is 0 Å². The lowest BCUT2D eigenvalue weighted by molar-refractivity contribution is 0.0778. The second-order valence-corrected chi connectivity index (χ2v) is 4.24. The summed E-state index contributed by atoms with van der Waals surface area (Å²) in [5.74, 6) is -1.64. The lowest BCUT2D eigenvalue weighted by atomic mass is 10.2. The van der Waals surface area contributed by atoms with E-state index in [4.69, 9.17) is 5.73 Å². The molecule has 0 aliphatic heterocycles. The number of amides is 1. The first-order valence-electron chi connectivity index (χ1n) is 5.60. The number of nitrogen functional groups attached to an aromatic ring is 1. The van der Waals surface area contributed by atoms with Gasteiger partial charge in [-0.1, -0.05) is 6.07 Å². The SMILES string of the molecule is CN(Cc1ccc(F)cc1F)C(=O)c1cc(N)c[nH]1. The van der Waals surface area contributed by atoms with Crippen molar-refractivity contribution in [2.45, 2.75) is 6.54 Å². The number of nitrogens with zero attached hydrogens (tertiary/aromatic N) is 1. The Morgan fingerprint density at radius 1 is 1.37 bits per heavy atom. The van der Waals surface area contributed by atoms with E-state index >= 15 is 0 Å². The highest BCUT2D eigenvalue weighted by Crippen LogP contribution is 2.14. The molecule has 6 heteroatoms. The molecule has 100 valence electrons. The van der Waals surface area contributed by atoms with E-state index in [9.17, 15) is 13.6 Å². The number of H-pyrrole nitrogens is 1. The number of aromatic amines is 1. The van der Waals surface area contributed by atoms with Crippen LogP contribution in [-0.2, 0) is 6.54 Å². The third kappa shape index (κ3) is 2.90. The average molecular weight is 265 g/mol. The van der Waals surface area contributed by atoms with Gasteiger partial charge in [0.1, 0.15) is 17.3 Å². The smallest absolute Gasteiger partial charge is 0.270 e. The standard InChI is InChI=1S/C13H13F2N3O/c1-18(13(19)12-5-10(16)6-17-12)7-8-2-3-9(14)4-11(8)15/h2-6,17H,7,16H2,1H3. The normalized spacial score (nSPS) is 10.5. The monoisotopic (exact) mass is 265 g/mol. The number of halogens is 2. The van der Waals surface area contributed by atoms with Crippen molar-refractivity contribution < 1.29 is 13.6 Å². The Bertz CT molecular complexity index is 610. The number of hydrogen-bond donors (Lipinski definition) is 2. The van der Waals surface area contributed by atoms with E-state index in [2.05, 4.69) is 4.98 Å². The first-order valence-corrected chi connectivity index (χ1v) is 5.60. The second-order valence-electron chi connectivity index (χ2n) is 4.24. The van der Waals surface area contributed by atoms with Crippen molar-refractivity contribution in [2.24, 2.45) is 0 Å². The highest BCUT2D eigenvalue weighted by molar-refractivity contribution is 5.93. The number of rotatable bonds is 3. The number of hydrogen-bond acceptors (Lipinski definition) is 2. The van der Waals surface area contributed by atoms with Crippen molar-refractivity contribution in [3.05, 3.63) is 53.4 Å². The van der Waals surface area contributed by atoms with Gasteiger partial charge < -0.3 is 15.6 Å². The molecular weight excluding hydrogens is 252 g/mol. The van der Waals surface area contributed by atoms with Crippen LogP contribution >= 0.6 is 0 Å². The topological polar surface area (TPSA) is 62.1 Å². The van der Waals surface area contributed by atoms with Crippen LogP contribution < -0.4 is 5.73 Å². The molecule has 0 unspecified atom stereocenters. The molecule has 0 aliphatic rings. The highest BCUT2D eigenvalue weighted by atomic mass is 19.1. The third-order valence-corrected chi connectivity index (χ3v) is 2.71. The number of nitrogens with two attached hydrogens (primary N) is 1. The minimum Gasteiger partial charge on any atom is -0.397 e. The number of nitrogens with one attached hydrogen (secondary N) is 1. The Hall–Kier alpha value is -2.37. The molecule has 0 bridgehead atoms. The fourth-order valence-corrected chi connectivity index (χ4v) is 1.72. The molecule has 0 saturated heterocycles. The molecule has 1 aromatic heterocycles. The first-order chi connectivity index (χ1) is 8.97. The van der Waals surface area contributed by atoms with Crippen LogP contribution in [0.25, 0.3) is 0 Å². The van der Waals surface area contributed by atoms with Crippen LogP contribution in [0, 0.1) is 11.6 Å². The second kappa shape index (κ2) is 5.09. The van der Waals surface area contributed by atoms with Crippen molar-refractivity contribution in [1.82, 2.24) is 9.88 Å². The molecule has 2 aromatic rings. The molecule has 1 amide bonds. The summed E-state index contributed by atoms with van der Waals surface area (Å²) in [7, 11) is 1.53. The van der Waals surface area contributed by atoms with Crippen LogP contribution in [0.2, 0.25) is 0 Å². The fourth-order valence-electron chi connectivity index (χ4n) is 1.72. The van der Waals surface area contributed by atoms with Crippen molar-refractivity contribution in [2.75, 3.05) is 12.8 Å². The number of benzene rings is 1. The summed E-state index contributed by atoms with van der Waals surface area (Å²) in [4.78, 5) is 16.0. The molecule has 4 nitrogen and oxygen atoms in total. The maximum atomic E-state index is 13.5. The van der Waals surface area contributed by atoms with Gasteiger partial charge in [0, 0.05) is 37.1 Å². The van der Waals surface area contributed by atoms with E-state index in [0.717, 1.165) is 12.1 Å². The predicted octanol–water partition coefficient (Wildman–Crippen LogP) is 2.15. The summed E-state index contributed by atoms with van der Waals surface area (Å²) in [6, 6.07) is 4.76. The molecule has 0 radical (unpaired) electrons. The lowest BCUT2D eigenvalue weighted by Gasteiger charge is -2.16. The molecular formula is C13H13F2N3O. The van der Waals surface area contributed by atoms with E-state index in [0.29, 0.717) is 11.4 Å². The number of anilines is 1. The van der Waals surface area contributed by atoms with E-state index < -0.39 is 11.6 Å². The zero-order valence-corrected chi connectivity index (χ0v) is 10.3. The summed E-state index contributed by atoms with van der Waals surface area (Å²) in [5.41, 5.74) is 6.52. The molecule has 0 saturated carbocycles. The Kier molecular flexibility index (Phi) is 3.50. The van der Waals surface area contributed by atoms with Crippen LogP contribution in [-0.4, -0.2) is 22.8 Å². The van der Waals surface area contributed by atoms with Gasteiger partial charge in [0.25, 0.3) is 5.91 Å². The average Bonchev–Trinajstić information content (AvgIpc) is 2.78. The van der Waals surface area contributed by atoms with Crippen LogP contribution in [0.4, 0.5) is 14.5 Å². The summed E-state index contributed by atoms with van der Waals surface area (Å²) in [6.07, 6.45) is 1.50. The Labute approximate surface area is 108 Å². The van der Waals surface area contributed by atoms with E-state index in [1.54, 1.807) is 0 Å². The van der Waals surface area contributed by atoms with E-state index in [1.165, 1.54) is 30.3 Å². The quantitative estimate of drug-likeness (QED) is 0.893. The Morgan fingerprint density at radius 2 is 2.11 bits per heavy atom. The van der Waals surface area contributed by atoms with Crippen LogP contribution in [0.3, 0.4) is 0 Å². The number of carbonyl (C=O) groups is 1. The maximum Gasteiger partial charge on any atom is 0.270 e. The summed E-state index contributed by atoms with van der Waals surface area (Å²) in [5, 5.41) is 0. The molecule has 0 fully saturated rings. The Morgan fingerprint density at radius 3 is 2.68 bits per heavy atom. The molecule has 19 heavy (non-hydrogen) atoms. The third-order valence-electron chi connectivity index (χ3n) is 2.71.